The lowest BCUT2D eigenvalue weighted by Crippen LogP contribution is -2.38. The van der Waals surface area contributed by atoms with Crippen molar-refractivity contribution in [3.05, 3.63) is 28.2 Å². The molecule has 0 heterocycles. The van der Waals surface area contributed by atoms with E-state index in [1.54, 1.807) is 0 Å². The summed E-state index contributed by atoms with van der Waals surface area (Å²) in [4.78, 5) is 2.27. The summed E-state index contributed by atoms with van der Waals surface area (Å²) in [6, 6.07) is 6.42. The van der Waals surface area contributed by atoms with Crippen LogP contribution < -0.4 is 10.6 Å². The van der Waals surface area contributed by atoms with Gasteiger partial charge in [0.05, 0.1) is 5.56 Å². The zero-order chi connectivity index (χ0) is 15.6. The third-order valence-corrected chi connectivity index (χ3v) is 5.25. The number of oxime groups is 1. The maximum absolute atomic E-state index is 9.02. The van der Waals surface area contributed by atoms with Gasteiger partial charge < -0.3 is 15.8 Å². The van der Waals surface area contributed by atoms with Crippen LogP contribution in [-0.4, -0.2) is 24.1 Å². The van der Waals surface area contributed by atoms with Crippen LogP contribution in [0.2, 0.25) is 0 Å². The number of rotatable bonds is 3. The van der Waals surface area contributed by atoms with Gasteiger partial charge in [0.15, 0.2) is 5.84 Å². The van der Waals surface area contributed by atoms with E-state index in [0.717, 1.165) is 15.7 Å². The van der Waals surface area contributed by atoms with Crippen LogP contribution in [0.5, 0.6) is 0 Å². The SMILES string of the molecule is CN(c1cccc(Br)c1/C(N)=N/O)C1CCC(C)(C)CC1. The highest BCUT2D eigenvalue weighted by atomic mass is 79.9. The molecule has 0 aromatic heterocycles. The van der Waals surface area contributed by atoms with Gasteiger partial charge in [-0.15, -0.1) is 0 Å². The molecule has 5 heteroatoms. The predicted molar refractivity (Wildman–Crippen MR) is 91.1 cm³/mol. The fraction of sp³-hybridized carbons (Fsp3) is 0.562. The molecule has 1 saturated carbocycles. The van der Waals surface area contributed by atoms with Crippen molar-refractivity contribution < 1.29 is 5.21 Å². The van der Waals surface area contributed by atoms with Gasteiger partial charge >= 0.3 is 0 Å². The highest BCUT2D eigenvalue weighted by Gasteiger charge is 2.30. The lowest BCUT2D eigenvalue weighted by Gasteiger charge is -2.40. The molecule has 2 rings (SSSR count). The molecule has 0 saturated heterocycles. The highest BCUT2D eigenvalue weighted by molar-refractivity contribution is 9.10. The summed E-state index contributed by atoms with van der Waals surface area (Å²) in [5.74, 6) is 0.139. The fourth-order valence-corrected chi connectivity index (χ4v) is 3.64. The Morgan fingerprint density at radius 3 is 2.57 bits per heavy atom. The van der Waals surface area contributed by atoms with Gasteiger partial charge in [-0.1, -0.05) is 25.1 Å². The van der Waals surface area contributed by atoms with Crippen LogP contribution in [0.25, 0.3) is 0 Å². The Bertz CT molecular complexity index is 532. The third-order valence-electron chi connectivity index (χ3n) is 4.59. The molecule has 1 fully saturated rings. The van der Waals surface area contributed by atoms with Crippen molar-refractivity contribution in [2.24, 2.45) is 16.3 Å². The molecule has 0 spiro atoms. The minimum atomic E-state index is 0.139. The molecule has 1 aliphatic carbocycles. The molecule has 0 radical (unpaired) electrons. The molecule has 0 amide bonds. The van der Waals surface area contributed by atoms with Crippen LogP contribution in [0.1, 0.15) is 45.1 Å². The van der Waals surface area contributed by atoms with Gasteiger partial charge in [0.2, 0.25) is 0 Å². The van der Waals surface area contributed by atoms with Crippen molar-refractivity contribution in [1.82, 2.24) is 0 Å². The average Bonchev–Trinajstić information content (AvgIpc) is 2.45. The van der Waals surface area contributed by atoms with Crippen molar-refractivity contribution in [2.75, 3.05) is 11.9 Å². The van der Waals surface area contributed by atoms with Gasteiger partial charge in [0, 0.05) is 23.2 Å². The predicted octanol–water partition coefficient (Wildman–Crippen LogP) is 3.95. The molecule has 21 heavy (non-hydrogen) atoms. The number of nitrogens with zero attached hydrogens (tertiary/aromatic N) is 2. The minimum Gasteiger partial charge on any atom is -0.409 e. The van der Waals surface area contributed by atoms with Crippen LogP contribution in [0.4, 0.5) is 5.69 Å². The Morgan fingerprint density at radius 2 is 2.00 bits per heavy atom. The molecule has 1 aromatic rings. The van der Waals surface area contributed by atoms with Crippen LogP contribution >= 0.6 is 15.9 Å². The summed E-state index contributed by atoms with van der Waals surface area (Å²) in [6.45, 7) is 4.67. The van der Waals surface area contributed by atoms with E-state index < -0.39 is 0 Å². The summed E-state index contributed by atoms with van der Waals surface area (Å²) in [5, 5.41) is 12.2. The molecule has 0 aliphatic heterocycles. The van der Waals surface area contributed by atoms with Gasteiger partial charge in [-0.25, -0.2) is 0 Å². The minimum absolute atomic E-state index is 0.139. The Balaban J connectivity index is 2.28. The maximum Gasteiger partial charge on any atom is 0.173 e. The Hall–Kier alpha value is -1.23. The van der Waals surface area contributed by atoms with E-state index in [4.69, 9.17) is 10.9 Å². The summed E-state index contributed by atoms with van der Waals surface area (Å²) >= 11 is 3.50. The number of anilines is 1. The van der Waals surface area contributed by atoms with E-state index in [0.29, 0.717) is 11.5 Å². The summed E-state index contributed by atoms with van der Waals surface area (Å²) in [6.07, 6.45) is 4.81. The Kier molecular flexibility index (Phi) is 4.81. The molecule has 1 aromatic carbocycles. The number of nitrogens with two attached hydrogens (primary N) is 1. The first-order chi connectivity index (χ1) is 9.85. The summed E-state index contributed by atoms with van der Waals surface area (Å²) in [7, 11) is 2.10. The van der Waals surface area contributed by atoms with Gasteiger partial charge in [-0.3, -0.25) is 0 Å². The molecule has 0 bridgehead atoms. The van der Waals surface area contributed by atoms with Gasteiger partial charge in [0.1, 0.15) is 0 Å². The van der Waals surface area contributed by atoms with Crippen LogP contribution in [-0.2, 0) is 0 Å². The first kappa shape index (κ1) is 16.1. The van der Waals surface area contributed by atoms with E-state index in [9.17, 15) is 0 Å². The lowest BCUT2D eigenvalue weighted by molar-refractivity contribution is 0.222. The molecule has 116 valence electrons. The quantitative estimate of drug-likeness (QED) is 0.374. The Morgan fingerprint density at radius 1 is 1.38 bits per heavy atom. The summed E-state index contributed by atoms with van der Waals surface area (Å²) in [5.41, 5.74) is 8.06. The van der Waals surface area contributed by atoms with E-state index in [-0.39, 0.29) is 5.84 Å². The first-order valence-corrected chi connectivity index (χ1v) is 8.14. The lowest BCUT2D eigenvalue weighted by atomic mass is 9.75. The second kappa shape index (κ2) is 6.26. The molecule has 4 nitrogen and oxygen atoms in total. The van der Waals surface area contributed by atoms with Gasteiger partial charge in [-0.05, 0) is 59.2 Å². The standard InChI is InChI=1S/C16H24BrN3O/c1-16(2)9-7-11(8-10-16)20(3)13-6-4-5-12(17)14(13)15(18)19-21/h4-6,11,21H,7-10H2,1-3H3,(H2,18,19). The van der Waals surface area contributed by atoms with E-state index in [1.165, 1.54) is 25.7 Å². The van der Waals surface area contributed by atoms with E-state index >= 15 is 0 Å². The van der Waals surface area contributed by atoms with Gasteiger partial charge in [-0.2, -0.15) is 0 Å². The van der Waals surface area contributed by atoms with Gasteiger partial charge in [0.25, 0.3) is 0 Å². The number of hydrogen-bond acceptors (Lipinski definition) is 3. The van der Waals surface area contributed by atoms with E-state index in [1.807, 2.05) is 18.2 Å². The van der Waals surface area contributed by atoms with Crippen LogP contribution in [0, 0.1) is 5.41 Å². The topological polar surface area (TPSA) is 61.8 Å². The summed E-state index contributed by atoms with van der Waals surface area (Å²) < 4.78 is 0.846. The average molecular weight is 354 g/mol. The second-order valence-corrected chi connectivity index (χ2v) is 7.48. The Labute approximate surface area is 135 Å². The van der Waals surface area contributed by atoms with Crippen molar-refractivity contribution in [1.29, 1.82) is 0 Å². The molecule has 0 unspecified atom stereocenters. The fourth-order valence-electron chi connectivity index (χ4n) is 3.08. The van der Waals surface area contributed by atoms with Crippen molar-refractivity contribution in [2.45, 2.75) is 45.6 Å². The first-order valence-electron chi connectivity index (χ1n) is 7.35. The van der Waals surface area contributed by atoms with Crippen LogP contribution in [0.15, 0.2) is 27.8 Å². The number of hydrogen-bond donors (Lipinski definition) is 2. The number of amidine groups is 1. The zero-order valence-electron chi connectivity index (χ0n) is 12.9. The maximum atomic E-state index is 9.02. The smallest absolute Gasteiger partial charge is 0.173 e. The molecular weight excluding hydrogens is 330 g/mol. The number of halogens is 1. The molecule has 3 N–H and O–H groups in total. The normalized spacial score (nSPS) is 19.5. The van der Waals surface area contributed by atoms with Crippen molar-refractivity contribution in [3.8, 4) is 0 Å². The van der Waals surface area contributed by atoms with Crippen molar-refractivity contribution in [3.63, 3.8) is 0 Å². The van der Waals surface area contributed by atoms with Crippen LogP contribution in [0.3, 0.4) is 0 Å². The highest BCUT2D eigenvalue weighted by Crippen LogP contribution is 2.38. The van der Waals surface area contributed by atoms with E-state index in [2.05, 4.69) is 46.9 Å². The second-order valence-electron chi connectivity index (χ2n) is 6.63. The largest absolute Gasteiger partial charge is 0.409 e. The monoisotopic (exact) mass is 353 g/mol. The number of benzene rings is 1. The molecule has 0 atom stereocenters. The molecule has 1 aliphatic rings. The third kappa shape index (κ3) is 3.51. The van der Waals surface area contributed by atoms with Crippen molar-refractivity contribution >= 4 is 27.5 Å². The molecular formula is C16H24BrN3O. The zero-order valence-corrected chi connectivity index (χ0v) is 14.5.